The smallest absolute Gasteiger partial charge is 0.240 e. The second-order valence-electron chi connectivity index (χ2n) is 5.09. The van der Waals surface area contributed by atoms with Crippen molar-refractivity contribution >= 4 is 5.91 Å². The van der Waals surface area contributed by atoms with Crippen molar-refractivity contribution in [2.75, 3.05) is 7.11 Å². The third-order valence-electron chi connectivity index (χ3n) is 3.58. The van der Waals surface area contributed by atoms with Gasteiger partial charge in [0.05, 0.1) is 12.6 Å². The molecule has 1 aliphatic carbocycles. The second kappa shape index (κ2) is 4.61. The summed E-state index contributed by atoms with van der Waals surface area (Å²) < 4.78 is 5.33. The molecule has 1 amide bonds. The number of benzene rings is 1. The number of methoxy groups -OCH3 is 1. The number of amides is 1. The van der Waals surface area contributed by atoms with Crippen LogP contribution in [0, 0.1) is 13.8 Å². The van der Waals surface area contributed by atoms with E-state index in [1.165, 1.54) is 11.1 Å². The molecule has 1 aromatic carbocycles. The van der Waals surface area contributed by atoms with E-state index in [1.54, 1.807) is 7.11 Å². The van der Waals surface area contributed by atoms with Gasteiger partial charge >= 0.3 is 0 Å². The minimum Gasteiger partial charge on any atom is -0.496 e. The lowest BCUT2D eigenvalue weighted by Gasteiger charge is -2.14. The third kappa shape index (κ3) is 2.48. The van der Waals surface area contributed by atoms with E-state index in [1.807, 2.05) is 26.0 Å². The zero-order valence-electron chi connectivity index (χ0n) is 11.2. The Bertz CT molecular complexity index is 479. The van der Waals surface area contributed by atoms with Crippen LogP contribution in [0.1, 0.15) is 29.5 Å². The van der Waals surface area contributed by atoms with Gasteiger partial charge in [0.25, 0.3) is 0 Å². The zero-order chi connectivity index (χ0) is 13.3. The van der Waals surface area contributed by atoms with Crippen LogP contribution in [-0.2, 0) is 11.3 Å². The van der Waals surface area contributed by atoms with Gasteiger partial charge in [0.15, 0.2) is 0 Å². The molecule has 0 bridgehead atoms. The lowest BCUT2D eigenvalue weighted by atomic mass is 10.0. The van der Waals surface area contributed by atoms with Crippen molar-refractivity contribution in [1.82, 2.24) is 5.32 Å². The lowest BCUT2D eigenvalue weighted by molar-refractivity contribution is -0.123. The van der Waals surface area contributed by atoms with Crippen LogP contribution in [0.2, 0.25) is 0 Å². The Morgan fingerprint density at radius 3 is 2.56 bits per heavy atom. The molecule has 18 heavy (non-hydrogen) atoms. The summed E-state index contributed by atoms with van der Waals surface area (Å²) in [5.41, 5.74) is 8.57. The highest BCUT2D eigenvalue weighted by molar-refractivity contribution is 5.88. The fraction of sp³-hybridized carbons (Fsp3) is 0.500. The molecule has 98 valence electrons. The Morgan fingerprint density at radius 2 is 2.00 bits per heavy atom. The molecule has 0 saturated heterocycles. The molecule has 2 rings (SSSR count). The number of aryl methyl sites for hydroxylation is 2. The number of ether oxygens (including phenoxy) is 1. The first-order chi connectivity index (χ1) is 8.46. The molecule has 0 aliphatic heterocycles. The molecule has 1 aliphatic rings. The largest absolute Gasteiger partial charge is 0.496 e. The topological polar surface area (TPSA) is 64.3 Å². The second-order valence-corrected chi connectivity index (χ2v) is 5.09. The highest BCUT2D eigenvalue weighted by Gasteiger charge is 2.45. The maximum Gasteiger partial charge on any atom is 0.240 e. The quantitative estimate of drug-likeness (QED) is 0.847. The number of carbonyl (C=O) groups is 1. The molecule has 4 nitrogen and oxygen atoms in total. The number of hydrogen-bond acceptors (Lipinski definition) is 3. The first kappa shape index (κ1) is 12.9. The van der Waals surface area contributed by atoms with E-state index in [9.17, 15) is 4.79 Å². The van der Waals surface area contributed by atoms with Gasteiger partial charge in [0.2, 0.25) is 5.91 Å². The highest BCUT2D eigenvalue weighted by atomic mass is 16.5. The molecule has 0 atom stereocenters. The molecule has 0 unspecified atom stereocenters. The van der Waals surface area contributed by atoms with Crippen LogP contribution >= 0.6 is 0 Å². The molecule has 1 fully saturated rings. The van der Waals surface area contributed by atoms with Gasteiger partial charge in [-0.25, -0.2) is 0 Å². The van der Waals surface area contributed by atoms with Gasteiger partial charge in [0, 0.05) is 12.1 Å². The summed E-state index contributed by atoms with van der Waals surface area (Å²) in [4.78, 5) is 11.8. The predicted octanol–water partition coefficient (Wildman–Crippen LogP) is 1.42. The van der Waals surface area contributed by atoms with Crippen molar-refractivity contribution in [3.63, 3.8) is 0 Å². The maximum atomic E-state index is 11.8. The average Bonchev–Trinajstić information content (AvgIpc) is 3.09. The number of nitrogens with one attached hydrogen (secondary N) is 1. The molecule has 0 aromatic heterocycles. The molecule has 0 radical (unpaired) electrons. The number of nitrogens with two attached hydrogens (primary N) is 1. The van der Waals surface area contributed by atoms with Crippen LogP contribution in [0.5, 0.6) is 5.75 Å². The van der Waals surface area contributed by atoms with Crippen LogP contribution in [0.4, 0.5) is 0 Å². The van der Waals surface area contributed by atoms with Crippen molar-refractivity contribution < 1.29 is 9.53 Å². The van der Waals surface area contributed by atoms with E-state index in [0.29, 0.717) is 6.54 Å². The molecule has 1 saturated carbocycles. The van der Waals surface area contributed by atoms with Gasteiger partial charge in [-0.3, -0.25) is 4.79 Å². The highest BCUT2D eigenvalue weighted by Crippen LogP contribution is 2.32. The third-order valence-corrected chi connectivity index (χ3v) is 3.58. The Balaban J connectivity index is 2.08. The Labute approximate surface area is 108 Å². The van der Waals surface area contributed by atoms with Crippen LogP contribution in [0.3, 0.4) is 0 Å². The fourth-order valence-corrected chi connectivity index (χ4v) is 1.89. The zero-order valence-corrected chi connectivity index (χ0v) is 11.2. The van der Waals surface area contributed by atoms with Gasteiger partial charge in [-0.15, -0.1) is 0 Å². The van der Waals surface area contributed by atoms with Crippen molar-refractivity contribution in [2.24, 2.45) is 5.73 Å². The van der Waals surface area contributed by atoms with Crippen molar-refractivity contribution in [3.8, 4) is 5.75 Å². The number of rotatable bonds is 4. The van der Waals surface area contributed by atoms with Crippen molar-refractivity contribution in [1.29, 1.82) is 0 Å². The fourth-order valence-electron chi connectivity index (χ4n) is 1.89. The van der Waals surface area contributed by atoms with E-state index in [0.717, 1.165) is 24.2 Å². The Morgan fingerprint density at radius 1 is 1.39 bits per heavy atom. The minimum atomic E-state index is -0.618. The van der Waals surface area contributed by atoms with Crippen LogP contribution < -0.4 is 15.8 Å². The SMILES string of the molecule is COc1cc(C)c(C)cc1CNC(=O)C1(N)CC1. The van der Waals surface area contributed by atoms with Gasteiger partial charge in [-0.05, 0) is 43.9 Å². The predicted molar refractivity (Wildman–Crippen MR) is 70.5 cm³/mol. The van der Waals surface area contributed by atoms with Gasteiger partial charge < -0.3 is 15.8 Å². The van der Waals surface area contributed by atoms with Gasteiger partial charge in [-0.2, -0.15) is 0 Å². The summed E-state index contributed by atoms with van der Waals surface area (Å²) in [5.74, 6) is 0.739. The van der Waals surface area contributed by atoms with Crippen molar-refractivity contribution in [3.05, 3.63) is 28.8 Å². The first-order valence-corrected chi connectivity index (χ1v) is 6.17. The summed E-state index contributed by atoms with van der Waals surface area (Å²) >= 11 is 0. The first-order valence-electron chi connectivity index (χ1n) is 6.17. The van der Waals surface area contributed by atoms with E-state index in [2.05, 4.69) is 5.32 Å². The molecular weight excluding hydrogens is 228 g/mol. The maximum absolute atomic E-state index is 11.8. The van der Waals surface area contributed by atoms with E-state index >= 15 is 0 Å². The normalized spacial score (nSPS) is 16.2. The Kier molecular flexibility index (Phi) is 3.30. The van der Waals surface area contributed by atoms with Crippen molar-refractivity contribution in [2.45, 2.75) is 38.8 Å². The van der Waals surface area contributed by atoms with Crippen LogP contribution in [0.25, 0.3) is 0 Å². The van der Waals surface area contributed by atoms with Gasteiger partial charge in [0.1, 0.15) is 5.75 Å². The lowest BCUT2D eigenvalue weighted by Crippen LogP contribution is -2.42. The summed E-state index contributed by atoms with van der Waals surface area (Å²) in [5, 5.41) is 2.88. The minimum absolute atomic E-state index is 0.0669. The monoisotopic (exact) mass is 248 g/mol. The summed E-state index contributed by atoms with van der Waals surface area (Å²) in [6, 6.07) is 4.04. The standard InChI is InChI=1S/C14H20N2O2/c1-9-6-11(12(18-3)7-10(9)2)8-16-13(17)14(15)4-5-14/h6-7H,4-5,8,15H2,1-3H3,(H,16,17). The number of hydrogen-bond donors (Lipinski definition) is 2. The summed E-state index contributed by atoms with van der Waals surface area (Å²) in [6.45, 7) is 4.55. The number of carbonyl (C=O) groups excluding carboxylic acids is 1. The Hall–Kier alpha value is -1.55. The molecule has 4 heteroatoms. The van der Waals surface area contributed by atoms with Gasteiger partial charge in [-0.1, -0.05) is 6.07 Å². The van der Waals surface area contributed by atoms with E-state index in [4.69, 9.17) is 10.5 Å². The molecule has 0 spiro atoms. The molecular formula is C14H20N2O2. The van der Waals surface area contributed by atoms with E-state index in [-0.39, 0.29) is 5.91 Å². The van der Waals surface area contributed by atoms with Crippen LogP contribution in [0.15, 0.2) is 12.1 Å². The molecule has 3 N–H and O–H groups in total. The molecule has 0 heterocycles. The van der Waals surface area contributed by atoms with E-state index < -0.39 is 5.54 Å². The molecule has 1 aromatic rings. The summed E-state index contributed by atoms with van der Waals surface area (Å²) in [7, 11) is 1.64. The average molecular weight is 248 g/mol. The summed E-state index contributed by atoms with van der Waals surface area (Å²) in [6.07, 6.45) is 1.56. The van der Waals surface area contributed by atoms with Crippen LogP contribution in [-0.4, -0.2) is 18.6 Å².